The minimum atomic E-state index is -0.740. The fourth-order valence-electron chi connectivity index (χ4n) is 2.47. The van der Waals surface area contributed by atoms with Crippen LogP contribution in [0, 0.1) is 0 Å². The van der Waals surface area contributed by atoms with Crippen LogP contribution >= 0.6 is 0 Å². The number of aliphatic hydroxyl groups excluding tert-OH is 1. The summed E-state index contributed by atoms with van der Waals surface area (Å²) in [6, 6.07) is 5.99. The van der Waals surface area contributed by atoms with E-state index in [2.05, 4.69) is 10.8 Å². The van der Waals surface area contributed by atoms with Crippen molar-refractivity contribution in [2.24, 2.45) is 0 Å². The summed E-state index contributed by atoms with van der Waals surface area (Å²) in [5, 5.41) is 10.1. The molecule has 0 saturated heterocycles. The molecule has 1 N–H and O–H groups in total. The fraction of sp³-hybridized carbons (Fsp3) is 0.500. The summed E-state index contributed by atoms with van der Waals surface area (Å²) in [4.78, 5) is 11.2. The van der Waals surface area contributed by atoms with Gasteiger partial charge in [0, 0.05) is 0 Å². The lowest BCUT2D eigenvalue weighted by Crippen LogP contribution is -2.13. The number of aryl methyl sites for hydroxylation is 1. The molecule has 0 fully saturated rings. The summed E-state index contributed by atoms with van der Waals surface area (Å²) in [7, 11) is 1.34. The molecule has 0 unspecified atom stereocenters. The Bertz CT molecular complexity index is 412. The van der Waals surface area contributed by atoms with E-state index in [-0.39, 0.29) is 12.4 Å². The third-order valence-corrected chi connectivity index (χ3v) is 3.38. The number of rotatable bonds is 3. The predicted octanol–water partition coefficient (Wildman–Crippen LogP) is 2.16. The molecule has 0 saturated carbocycles. The van der Waals surface area contributed by atoms with Crippen LogP contribution in [0.1, 0.15) is 42.1 Å². The van der Waals surface area contributed by atoms with E-state index in [1.807, 2.05) is 12.1 Å². The van der Waals surface area contributed by atoms with Gasteiger partial charge in [0.15, 0.2) is 0 Å². The van der Waals surface area contributed by atoms with Crippen molar-refractivity contribution in [1.29, 1.82) is 0 Å². The Morgan fingerprint density at radius 1 is 1.41 bits per heavy atom. The largest absolute Gasteiger partial charge is 0.469 e. The molecule has 1 atom stereocenters. The third kappa shape index (κ3) is 2.67. The summed E-state index contributed by atoms with van der Waals surface area (Å²) in [5.41, 5.74) is 3.44. The van der Waals surface area contributed by atoms with E-state index in [1.54, 1.807) is 0 Å². The van der Waals surface area contributed by atoms with Crippen LogP contribution in [0.15, 0.2) is 18.2 Å². The number of methoxy groups -OCH3 is 1. The van der Waals surface area contributed by atoms with Crippen molar-refractivity contribution in [3.63, 3.8) is 0 Å². The minimum absolute atomic E-state index is 0.0347. The number of fused-ring (bicyclic) bond motifs is 1. The van der Waals surface area contributed by atoms with E-state index in [4.69, 9.17) is 0 Å². The van der Waals surface area contributed by atoms with Crippen LogP contribution in [-0.2, 0) is 22.4 Å². The Labute approximate surface area is 101 Å². The first-order chi connectivity index (χ1) is 8.22. The number of carbonyl (C=O) groups excluding carboxylic acids is 1. The average molecular weight is 234 g/mol. The first-order valence-electron chi connectivity index (χ1n) is 6.08. The van der Waals surface area contributed by atoms with E-state index in [0.717, 1.165) is 24.8 Å². The van der Waals surface area contributed by atoms with E-state index in [0.29, 0.717) is 0 Å². The van der Waals surface area contributed by atoms with Gasteiger partial charge in [-0.15, -0.1) is 0 Å². The Balaban J connectivity index is 2.22. The monoisotopic (exact) mass is 234 g/mol. The molecule has 3 nitrogen and oxygen atoms in total. The molecule has 0 heterocycles. The van der Waals surface area contributed by atoms with Crippen molar-refractivity contribution in [2.45, 2.75) is 38.2 Å². The van der Waals surface area contributed by atoms with Gasteiger partial charge in [0.2, 0.25) is 0 Å². The maximum Gasteiger partial charge on any atom is 0.308 e. The van der Waals surface area contributed by atoms with Crippen LogP contribution < -0.4 is 0 Å². The van der Waals surface area contributed by atoms with Gasteiger partial charge in [0.1, 0.15) is 0 Å². The number of ether oxygens (including phenoxy) is 1. The highest BCUT2D eigenvalue weighted by Gasteiger charge is 2.20. The van der Waals surface area contributed by atoms with Crippen LogP contribution in [0.25, 0.3) is 0 Å². The molecule has 1 aromatic rings. The first-order valence-corrected chi connectivity index (χ1v) is 6.08. The van der Waals surface area contributed by atoms with Crippen molar-refractivity contribution < 1.29 is 14.6 Å². The molecular formula is C14H18O3. The van der Waals surface area contributed by atoms with Crippen molar-refractivity contribution in [1.82, 2.24) is 0 Å². The van der Waals surface area contributed by atoms with Crippen LogP contribution in [0.4, 0.5) is 0 Å². The van der Waals surface area contributed by atoms with Gasteiger partial charge in [-0.1, -0.05) is 18.2 Å². The molecule has 1 aliphatic carbocycles. The summed E-state index contributed by atoms with van der Waals surface area (Å²) in [5.74, 6) is -0.370. The van der Waals surface area contributed by atoms with Gasteiger partial charge < -0.3 is 9.84 Å². The summed E-state index contributed by atoms with van der Waals surface area (Å²) >= 11 is 0. The van der Waals surface area contributed by atoms with Crippen LogP contribution in [-0.4, -0.2) is 18.2 Å². The van der Waals surface area contributed by atoms with Gasteiger partial charge in [0.25, 0.3) is 0 Å². The summed E-state index contributed by atoms with van der Waals surface area (Å²) < 4.78 is 4.59. The SMILES string of the molecule is COC(=O)C[C@H](O)c1cccc2c1CCCC2. The van der Waals surface area contributed by atoms with Gasteiger partial charge in [-0.3, -0.25) is 4.79 Å². The number of hydrogen-bond donors (Lipinski definition) is 1. The summed E-state index contributed by atoms with van der Waals surface area (Å²) in [6.07, 6.45) is 3.75. The predicted molar refractivity (Wildman–Crippen MR) is 64.7 cm³/mol. The molecule has 0 aromatic heterocycles. The van der Waals surface area contributed by atoms with E-state index >= 15 is 0 Å². The molecule has 3 heteroatoms. The highest BCUT2D eigenvalue weighted by molar-refractivity contribution is 5.70. The maximum absolute atomic E-state index is 11.2. The lowest BCUT2D eigenvalue weighted by molar-refractivity contribution is -0.142. The van der Waals surface area contributed by atoms with Gasteiger partial charge in [-0.05, 0) is 42.4 Å². The smallest absolute Gasteiger partial charge is 0.308 e. The first kappa shape index (κ1) is 12.1. The van der Waals surface area contributed by atoms with Crippen LogP contribution in [0.2, 0.25) is 0 Å². The molecule has 0 aliphatic heterocycles. The molecule has 1 aromatic carbocycles. The molecule has 1 aliphatic rings. The van der Waals surface area contributed by atoms with Gasteiger partial charge in [-0.25, -0.2) is 0 Å². The summed E-state index contributed by atoms with van der Waals surface area (Å²) in [6.45, 7) is 0. The zero-order valence-corrected chi connectivity index (χ0v) is 10.1. The molecule has 0 radical (unpaired) electrons. The Hall–Kier alpha value is -1.35. The van der Waals surface area contributed by atoms with Crippen molar-refractivity contribution in [2.75, 3.05) is 7.11 Å². The minimum Gasteiger partial charge on any atom is -0.469 e. The number of benzene rings is 1. The van der Waals surface area contributed by atoms with Crippen LogP contribution in [0.5, 0.6) is 0 Å². The number of aliphatic hydroxyl groups is 1. The molecule has 0 amide bonds. The van der Waals surface area contributed by atoms with E-state index < -0.39 is 6.10 Å². The zero-order chi connectivity index (χ0) is 12.3. The third-order valence-electron chi connectivity index (χ3n) is 3.38. The van der Waals surface area contributed by atoms with Gasteiger partial charge >= 0.3 is 5.97 Å². The van der Waals surface area contributed by atoms with Crippen molar-refractivity contribution in [3.05, 3.63) is 34.9 Å². The standard InChI is InChI=1S/C14H18O3/c1-17-14(16)9-13(15)12-8-4-6-10-5-2-3-7-11(10)12/h4,6,8,13,15H,2-3,5,7,9H2,1H3/t13-/m0/s1. The van der Waals surface area contributed by atoms with Crippen molar-refractivity contribution in [3.8, 4) is 0 Å². The Morgan fingerprint density at radius 2 is 2.18 bits per heavy atom. The lowest BCUT2D eigenvalue weighted by Gasteiger charge is -2.21. The Kier molecular flexibility index (Phi) is 3.79. The van der Waals surface area contributed by atoms with E-state index in [9.17, 15) is 9.90 Å². The number of esters is 1. The second kappa shape index (κ2) is 5.32. The fourth-order valence-corrected chi connectivity index (χ4v) is 2.47. The molecule has 0 bridgehead atoms. The average Bonchev–Trinajstić information content (AvgIpc) is 2.37. The highest BCUT2D eigenvalue weighted by atomic mass is 16.5. The Morgan fingerprint density at radius 3 is 2.94 bits per heavy atom. The van der Waals surface area contributed by atoms with Gasteiger partial charge in [-0.2, -0.15) is 0 Å². The van der Waals surface area contributed by atoms with Crippen molar-refractivity contribution >= 4 is 5.97 Å². The maximum atomic E-state index is 11.2. The normalized spacial score (nSPS) is 16.1. The second-order valence-corrected chi connectivity index (χ2v) is 4.49. The van der Waals surface area contributed by atoms with E-state index in [1.165, 1.54) is 24.7 Å². The quantitative estimate of drug-likeness (QED) is 0.815. The topological polar surface area (TPSA) is 46.5 Å². The lowest BCUT2D eigenvalue weighted by atomic mass is 9.86. The second-order valence-electron chi connectivity index (χ2n) is 4.49. The van der Waals surface area contributed by atoms with Gasteiger partial charge in [0.05, 0.1) is 19.6 Å². The molecule has 92 valence electrons. The zero-order valence-electron chi connectivity index (χ0n) is 10.1. The molecular weight excluding hydrogens is 216 g/mol. The highest BCUT2D eigenvalue weighted by Crippen LogP contribution is 2.29. The number of hydrogen-bond acceptors (Lipinski definition) is 3. The molecule has 0 spiro atoms. The molecule has 17 heavy (non-hydrogen) atoms. The van der Waals surface area contributed by atoms with Crippen LogP contribution in [0.3, 0.4) is 0 Å². The number of carbonyl (C=O) groups is 1. The molecule has 2 rings (SSSR count).